The Morgan fingerprint density at radius 1 is 1.50 bits per heavy atom. The molecule has 2 unspecified atom stereocenters. The maximum atomic E-state index is 13.6. The first-order chi connectivity index (χ1) is 8.54. The molecule has 3 nitrogen and oxygen atoms in total. The van der Waals surface area contributed by atoms with Gasteiger partial charge in [0, 0.05) is 25.2 Å². The van der Waals surface area contributed by atoms with Gasteiger partial charge in [-0.25, -0.2) is 8.78 Å². The number of nitrogens with two attached hydrogens (primary N) is 1. The third kappa shape index (κ3) is 2.22. The molecule has 18 heavy (non-hydrogen) atoms. The van der Waals surface area contributed by atoms with Gasteiger partial charge >= 0.3 is 0 Å². The molecule has 1 aromatic rings. The number of carbonyl (C=O) groups excluding carboxylic acids is 1. The first-order valence-electron chi connectivity index (χ1n) is 6.00. The Labute approximate surface area is 105 Å². The van der Waals surface area contributed by atoms with Crippen LogP contribution in [0.1, 0.15) is 23.7 Å². The predicted molar refractivity (Wildman–Crippen MR) is 64.0 cm³/mol. The third-order valence-corrected chi connectivity index (χ3v) is 3.55. The van der Waals surface area contributed by atoms with E-state index in [4.69, 9.17) is 5.73 Å². The van der Waals surface area contributed by atoms with E-state index in [0.717, 1.165) is 18.6 Å². The highest BCUT2D eigenvalue weighted by Crippen LogP contribution is 2.25. The van der Waals surface area contributed by atoms with Gasteiger partial charge in [-0.3, -0.25) is 4.79 Å². The molecule has 0 radical (unpaired) electrons. The second-order valence-corrected chi connectivity index (χ2v) is 4.69. The van der Waals surface area contributed by atoms with Crippen LogP contribution in [0.3, 0.4) is 0 Å². The molecule has 5 heteroatoms. The Hall–Kier alpha value is -1.49. The minimum absolute atomic E-state index is 0.0676. The van der Waals surface area contributed by atoms with E-state index in [1.54, 1.807) is 4.90 Å². The molecule has 2 rings (SSSR count). The summed E-state index contributed by atoms with van der Waals surface area (Å²) in [6, 6.07) is 2.93. The van der Waals surface area contributed by atoms with E-state index in [1.807, 2.05) is 6.92 Å². The molecule has 0 spiro atoms. The first-order valence-corrected chi connectivity index (χ1v) is 6.00. The summed E-state index contributed by atoms with van der Waals surface area (Å²) in [6.07, 6.45) is 0.858. The van der Waals surface area contributed by atoms with Gasteiger partial charge in [0.05, 0.1) is 5.56 Å². The number of rotatable bonds is 2. The molecular weight excluding hydrogens is 238 g/mol. The fraction of sp³-hybridized carbons (Fsp3) is 0.462. The van der Waals surface area contributed by atoms with Crippen molar-refractivity contribution in [3.63, 3.8) is 0 Å². The van der Waals surface area contributed by atoms with Crippen LogP contribution in [0.25, 0.3) is 0 Å². The van der Waals surface area contributed by atoms with E-state index in [0.29, 0.717) is 19.0 Å². The summed E-state index contributed by atoms with van der Waals surface area (Å²) in [7, 11) is 0. The Morgan fingerprint density at radius 3 is 2.83 bits per heavy atom. The van der Waals surface area contributed by atoms with E-state index in [2.05, 4.69) is 0 Å². The minimum Gasteiger partial charge on any atom is -0.334 e. The molecule has 1 saturated heterocycles. The monoisotopic (exact) mass is 254 g/mol. The molecule has 1 heterocycles. The standard InChI is InChI=1S/C13H16F2N2O/c1-8-4-5-17(12(8)7-16)13(18)10-3-2-9(14)6-11(10)15/h2-3,6,8,12H,4-5,7,16H2,1H3. The third-order valence-electron chi connectivity index (χ3n) is 3.55. The van der Waals surface area contributed by atoms with E-state index >= 15 is 0 Å². The van der Waals surface area contributed by atoms with Crippen molar-refractivity contribution in [2.75, 3.05) is 13.1 Å². The molecule has 1 fully saturated rings. The lowest BCUT2D eigenvalue weighted by molar-refractivity contribution is 0.0722. The lowest BCUT2D eigenvalue weighted by Crippen LogP contribution is -2.42. The Kier molecular flexibility index (Phi) is 3.61. The summed E-state index contributed by atoms with van der Waals surface area (Å²) < 4.78 is 26.4. The average Bonchev–Trinajstić information content (AvgIpc) is 2.69. The number of hydrogen-bond acceptors (Lipinski definition) is 2. The number of hydrogen-bond donors (Lipinski definition) is 1. The molecule has 2 N–H and O–H groups in total. The molecule has 0 saturated carbocycles. The molecule has 0 bridgehead atoms. The van der Waals surface area contributed by atoms with Crippen molar-refractivity contribution in [2.24, 2.45) is 11.7 Å². The van der Waals surface area contributed by atoms with Crippen LogP contribution in [-0.2, 0) is 0 Å². The van der Waals surface area contributed by atoms with Gasteiger partial charge in [-0.05, 0) is 24.5 Å². The second-order valence-electron chi connectivity index (χ2n) is 4.69. The lowest BCUT2D eigenvalue weighted by atomic mass is 10.0. The molecule has 1 aromatic carbocycles. The summed E-state index contributed by atoms with van der Waals surface area (Å²) in [4.78, 5) is 13.8. The highest BCUT2D eigenvalue weighted by Gasteiger charge is 2.34. The van der Waals surface area contributed by atoms with Crippen molar-refractivity contribution >= 4 is 5.91 Å². The fourth-order valence-electron chi connectivity index (χ4n) is 2.44. The van der Waals surface area contributed by atoms with Gasteiger partial charge in [0.15, 0.2) is 0 Å². The topological polar surface area (TPSA) is 46.3 Å². The van der Waals surface area contributed by atoms with Gasteiger partial charge < -0.3 is 10.6 Å². The fourth-order valence-corrected chi connectivity index (χ4v) is 2.44. The van der Waals surface area contributed by atoms with Crippen LogP contribution in [0.15, 0.2) is 18.2 Å². The van der Waals surface area contributed by atoms with Crippen LogP contribution < -0.4 is 5.73 Å². The number of likely N-dealkylation sites (tertiary alicyclic amines) is 1. The summed E-state index contributed by atoms with van der Waals surface area (Å²) >= 11 is 0. The number of nitrogens with zero attached hydrogens (tertiary/aromatic N) is 1. The SMILES string of the molecule is CC1CCN(C(=O)c2ccc(F)cc2F)C1CN. The van der Waals surface area contributed by atoms with Gasteiger partial charge in [0.2, 0.25) is 0 Å². The molecule has 98 valence electrons. The Balaban J connectivity index is 2.26. The van der Waals surface area contributed by atoms with Crippen LogP contribution in [0, 0.1) is 17.6 Å². The smallest absolute Gasteiger partial charge is 0.257 e. The number of carbonyl (C=O) groups is 1. The Bertz CT molecular complexity index is 464. The Morgan fingerprint density at radius 2 is 2.22 bits per heavy atom. The van der Waals surface area contributed by atoms with E-state index < -0.39 is 17.5 Å². The summed E-state index contributed by atoms with van der Waals surface area (Å²) in [6.45, 7) is 2.94. The van der Waals surface area contributed by atoms with Crippen molar-refractivity contribution in [1.82, 2.24) is 4.90 Å². The summed E-state index contributed by atoms with van der Waals surface area (Å²) in [5.41, 5.74) is 5.55. The largest absolute Gasteiger partial charge is 0.334 e. The van der Waals surface area contributed by atoms with Gasteiger partial charge in [0.1, 0.15) is 11.6 Å². The molecule has 0 aromatic heterocycles. The molecule has 0 aliphatic carbocycles. The van der Waals surface area contributed by atoms with Crippen molar-refractivity contribution in [3.05, 3.63) is 35.4 Å². The lowest BCUT2D eigenvalue weighted by Gasteiger charge is -2.25. The highest BCUT2D eigenvalue weighted by atomic mass is 19.1. The van der Waals surface area contributed by atoms with Crippen molar-refractivity contribution < 1.29 is 13.6 Å². The zero-order valence-corrected chi connectivity index (χ0v) is 10.2. The van der Waals surface area contributed by atoms with Gasteiger partial charge in [-0.2, -0.15) is 0 Å². The first kappa shape index (κ1) is 13.0. The van der Waals surface area contributed by atoms with Crippen molar-refractivity contribution in [1.29, 1.82) is 0 Å². The highest BCUT2D eigenvalue weighted by molar-refractivity contribution is 5.94. The molecule has 1 aliphatic heterocycles. The van der Waals surface area contributed by atoms with Crippen LogP contribution in [0.2, 0.25) is 0 Å². The van der Waals surface area contributed by atoms with Gasteiger partial charge in [-0.15, -0.1) is 0 Å². The summed E-state index contributed by atoms with van der Waals surface area (Å²) in [5.74, 6) is -1.61. The quantitative estimate of drug-likeness (QED) is 0.874. The summed E-state index contributed by atoms with van der Waals surface area (Å²) in [5, 5.41) is 0. The van der Waals surface area contributed by atoms with Crippen LogP contribution >= 0.6 is 0 Å². The van der Waals surface area contributed by atoms with E-state index in [1.165, 1.54) is 6.07 Å². The van der Waals surface area contributed by atoms with Gasteiger partial charge in [-0.1, -0.05) is 6.92 Å². The molecule has 2 atom stereocenters. The zero-order valence-electron chi connectivity index (χ0n) is 10.2. The maximum absolute atomic E-state index is 13.6. The average molecular weight is 254 g/mol. The second kappa shape index (κ2) is 5.02. The number of amides is 1. The zero-order chi connectivity index (χ0) is 13.3. The van der Waals surface area contributed by atoms with Crippen LogP contribution in [0.4, 0.5) is 8.78 Å². The van der Waals surface area contributed by atoms with Crippen molar-refractivity contribution in [3.8, 4) is 0 Å². The molecule has 1 amide bonds. The normalized spacial score (nSPS) is 23.4. The predicted octanol–water partition coefficient (Wildman–Crippen LogP) is 1.77. The van der Waals surface area contributed by atoms with E-state index in [9.17, 15) is 13.6 Å². The van der Waals surface area contributed by atoms with Crippen molar-refractivity contribution in [2.45, 2.75) is 19.4 Å². The molecular formula is C13H16F2N2O. The minimum atomic E-state index is -0.824. The number of halogens is 2. The van der Waals surface area contributed by atoms with E-state index in [-0.39, 0.29) is 11.6 Å². The van der Waals surface area contributed by atoms with Crippen LogP contribution in [0.5, 0.6) is 0 Å². The van der Waals surface area contributed by atoms with Gasteiger partial charge in [0.25, 0.3) is 5.91 Å². The molecule has 1 aliphatic rings. The number of benzene rings is 1. The van der Waals surface area contributed by atoms with Crippen LogP contribution in [-0.4, -0.2) is 29.9 Å². The maximum Gasteiger partial charge on any atom is 0.257 e.